The van der Waals surface area contributed by atoms with E-state index in [9.17, 15) is 9.59 Å². The Labute approximate surface area is 151 Å². The fraction of sp³-hybridized carbons (Fsp3) is 0.556. The van der Waals surface area contributed by atoms with Crippen LogP contribution in [0.2, 0.25) is 0 Å². The van der Waals surface area contributed by atoms with Gasteiger partial charge in [-0.1, -0.05) is 18.2 Å². The van der Waals surface area contributed by atoms with Crippen LogP contribution >= 0.6 is 11.8 Å². The highest BCUT2D eigenvalue weighted by atomic mass is 32.2. The Hall–Kier alpha value is -1.57. The SMILES string of the molecule is O=C(NCCC[NH+]1CCOCC1)[C@H]1CS[C@@H]2c3ccccc3C(=O)N12. The molecular formula is C18H24N3O3S+. The van der Waals surface area contributed by atoms with Gasteiger partial charge in [-0.05, 0) is 11.6 Å². The maximum Gasteiger partial charge on any atom is 0.256 e. The number of carbonyl (C=O) groups is 2. The molecule has 2 atom stereocenters. The van der Waals surface area contributed by atoms with E-state index in [0.29, 0.717) is 12.3 Å². The second-order valence-corrected chi connectivity index (χ2v) is 7.87. The Morgan fingerprint density at radius 2 is 2.12 bits per heavy atom. The standard InChI is InChI=1S/C18H23N3O3S/c22-16(19-6-3-7-20-8-10-24-11-9-20)15-12-25-18-14-5-2-1-4-13(14)17(23)21(15)18/h1-2,4-5,15,18H,3,6-12H2,(H,19,22)/p+1/t15-,18-/m1/s1. The molecule has 0 radical (unpaired) electrons. The van der Waals surface area contributed by atoms with Crippen LogP contribution in [0.5, 0.6) is 0 Å². The van der Waals surface area contributed by atoms with E-state index in [2.05, 4.69) is 5.32 Å². The number of fused-ring (bicyclic) bond motifs is 3. The molecule has 0 unspecified atom stereocenters. The number of ether oxygens (including phenoxy) is 1. The molecule has 3 aliphatic rings. The monoisotopic (exact) mass is 362 g/mol. The molecule has 0 spiro atoms. The molecule has 0 aliphatic carbocycles. The quantitative estimate of drug-likeness (QED) is 0.705. The summed E-state index contributed by atoms with van der Waals surface area (Å²) in [6.45, 7) is 5.49. The molecule has 25 heavy (non-hydrogen) atoms. The van der Waals surface area contributed by atoms with Crippen molar-refractivity contribution in [2.45, 2.75) is 17.8 Å². The maximum atomic E-state index is 12.6. The first-order chi connectivity index (χ1) is 12.3. The summed E-state index contributed by atoms with van der Waals surface area (Å²) in [4.78, 5) is 28.5. The molecule has 3 heterocycles. The molecule has 4 rings (SSSR count). The molecule has 1 aromatic rings. The van der Waals surface area contributed by atoms with Crippen LogP contribution in [0.15, 0.2) is 24.3 Å². The van der Waals surface area contributed by atoms with Crippen molar-refractivity contribution in [3.05, 3.63) is 35.4 Å². The first kappa shape index (κ1) is 16.9. The number of quaternary nitrogens is 1. The van der Waals surface area contributed by atoms with E-state index >= 15 is 0 Å². The number of amides is 2. The molecular weight excluding hydrogens is 338 g/mol. The topological polar surface area (TPSA) is 63.1 Å². The number of rotatable bonds is 5. The zero-order valence-corrected chi connectivity index (χ0v) is 15.0. The molecule has 2 amide bonds. The van der Waals surface area contributed by atoms with Crippen LogP contribution in [0.1, 0.15) is 27.7 Å². The maximum absolute atomic E-state index is 12.6. The van der Waals surface area contributed by atoms with Crippen molar-refractivity contribution in [1.29, 1.82) is 0 Å². The van der Waals surface area contributed by atoms with Gasteiger partial charge >= 0.3 is 0 Å². The molecule has 7 heteroatoms. The largest absolute Gasteiger partial charge is 0.370 e. The molecule has 2 N–H and O–H groups in total. The summed E-state index contributed by atoms with van der Waals surface area (Å²) in [6.07, 6.45) is 0.957. The van der Waals surface area contributed by atoms with E-state index < -0.39 is 0 Å². The number of hydrogen-bond donors (Lipinski definition) is 2. The van der Waals surface area contributed by atoms with Crippen LogP contribution in [0.25, 0.3) is 0 Å². The number of nitrogens with one attached hydrogen (secondary N) is 2. The summed E-state index contributed by atoms with van der Waals surface area (Å²) in [5.41, 5.74) is 1.79. The smallest absolute Gasteiger partial charge is 0.256 e. The minimum absolute atomic E-state index is 0.00255. The average Bonchev–Trinajstić information content (AvgIpc) is 3.20. The van der Waals surface area contributed by atoms with Crippen molar-refractivity contribution in [3.8, 4) is 0 Å². The highest BCUT2D eigenvalue weighted by Crippen LogP contribution is 2.47. The number of carbonyl (C=O) groups excluding carboxylic acids is 2. The molecule has 0 bridgehead atoms. The Bertz CT molecular complexity index is 663. The summed E-state index contributed by atoms with van der Waals surface area (Å²) in [6, 6.07) is 7.34. The van der Waals surface area contributed by atoms with E-state index in [-0.39, 0.29) is 23.2 Å². The molecule has 2 saturated heterocycles. The van der Waals surface area contributed by atoms with Gasteiger partial charge in [0.05, 0.1) is 19.8 Å². The van der Waals surface area contributed by atoms with Crippen LogP contribution in [0.4, 0.5) is 0 Å². The van der Waals surface area contributed by atoms with Gasteiger partial charge < -0.3 is 19.9 Å². The normalized spacial score (nSPS) is 25.8. The van der Waals surface area contributed by atoms with Gasteiger partial charge in [0.1, 0.15) is 24.5 Å². The average molecular weight is 362 g/mol. The van der Waals surface area contributed by atoms with Gasteiger partial charge in [-0.3, -0.25) is 9.59 Å². The first-order valence-electron chi connectivity index (χ1n) is 8.98. The number of hydrogen-bond acceptors (Lipinski definition) is 4. The number of thioether (sulfide) groups is 1. The predicted molar refractivity (Wildman–Crippen MR) is 95.6 cm³/mol. The highest BCUT2D eigenvalue weighted by Gasteiger charge is 2.48. The van der Waals surface area contributed by atoms with Gasteiger partial charge in [0.15, 0.2) is 0 Å². The lowest BCUT2D eigenvalue weighted by atomic mass is 10.1. The van der Waals surface area contributed by atoms with Gasteiger partial charge in [0.25, 0.3) is 5.91 Å². The molecule has 1 aromatic carbocycles. The fourth-order valence-corrected chi connectivity index (χ4v) is 5.28. The molecule has 0 aromatic heterocycles. The molecule has 3 aliphatic heterocycles. The summed E-state index contributed by atoms with van der Waals surface area (Å²) in [5, 5.41) is 3.03. The van der Waals surface area contributed by atoms with E-state index in [1.165, 1.54) is 0 Å². The zero-order valence-electron chi connectivity index (χ0n) is 14.2. The summed E-state index contributed by atoms with van der Waals surface area (Å²) >= 11 is 1.68. The van der Waals surface area contributed by atoms with Crippen molar-refractivity contribution in [2.24, 2.45) is 0 Å². The minimum atomic E-state index is -0.356. The third-order valence-corrected chi connectivity index (χ3v) is 6.51. The lowest BCUT2D eigenvalue weighted by Gasteiger charge is -2.24. The number of nitrogens with zero attached hydrogens (tertiary/aromatic N) is 1. The zero-order chi connectivity index (χ0) is 17.2. The minimum Gasteiger partial charge on any atom is -0.370 e. The molecule has 6 nitrogen and oxygen atoms in total. The van der Waals surface area contributed by atoms with Crippen molar-refractivity contribution < 1.29 is 19.2 Å². The lowest BCUT2D eigenvalue weighted by Crippen LogP contribution is -3.14. The summed E-state index contributed by atoms with van der Waals surface area (Å²) in [7, 11) is 0. The van der Waals surface area contributed by atoms with Crippen molar-refractivity contribution in [3.63, 3.8) is 0 Å². The predicted octanol–water partition coefficient (Wildman–Crippen LogP) is -0.322. The van der Waals surface area contributed by atoms with E-state index in [0.717, 1.165) is 50.4 Å². The van der Waals surface area contributed by atoms with E-state index in [1.54, 1.807) is 21.6 Å². The third kappa shape index (κ3) is 3.28. The second-order valence-electron chi connectivity index (χ2n) is 6.76. The van der Waals surface area contributed by atoms with Gasteiger partial charge in [-0.2, -0.15) is 0 Å². The van der Waals surface area contributed by atoms with Crippen LogP contribution in [0, 0.1) is 0 Å². The number of morpholine rings is 1. The number of benzene rings is 1. The highest BCUT2D eigenvalue weighted by molar-refractivity contribution is 7.99. The van der Waals surface area contributed by atoms with E-state index in [1.807, 2.05) is 24.3 Å². The van der Waals surface area contributed by atoms with Crippen LogP contribution in [-0.2, 0) is 9.53 Å². The van der Waals surface area contributed by atoms with Gasteiger partial charge in [-0.15, -0.1) is 11.8 Å². The summed E-state index contributed by atoms with van der Waals surface area (Å²) in [5.74, 6) is 0.641. The van der Waals surface area contributed by atoms with Crippen LogP contribution < -0.4 is 10.2 Å². The Balaban J connectivity index is 1.29. The fourth-order valence-electron chi connectivity index (χ4n) is 3.82. The van der Waals surface area contributed by atoms with Crippen LogP contribution in [0.3, 0.4) is 0 Å². The molecule has 2 fully saturated rings. The van der Waals surface area contributed by atoms with Gasteiger partial charge in [0, 0.05) is 24.3 Å². The Morgan fingerprint density at radius 1 is 1.32 bits per heavy atom. The summed E-state index contributed by atoms with van der Waals surface area (Å²) < 4.78 is 5.36. The first-order valence-corrected chi connectivity index (χ1v) is 10.0. The third-order valence-electron chi connectivity index (χ3n) is 5.20. The second kappa shape index (κ2) is 7.35. The van der Waals surface area contributed by atoms with Crippen molar-refractivity contribution >= 4 is 23.6 Å². The Morgan fingerprint density at radius 3 is 2.96 bits per heavy atom. The molecule has 134 valence electrons. The van der Waals surface area contributed by atoms with Crippen LogP contribution in [-0.4, -0.2) is 67.9 Å². The van der Waals surface area contributed by atoms with Gasteiger partial charge in [0.2, 0.25) is 5.91 Å². The Kier molecular flexibility index (Phi) is 4.96. The lowest BCUT2D eigenvalue weighted by molar-refractivity contribution is -0.908. The van der Waals surface area contributed by atoms with Crippen molar-refractivity contribution in [1.82, 2.24) is 10.2 Å². The van der Waals surface area contributed by atoms with Gasteiger partial charge in [-0.25, -0.2) is 0 Å². The van der Waals surface area contributed by atoms with E-state index in [4.69, 9.17) is 4.74 Å². The van der Waals surface area contributed by atoms with Crippen molar-refractivity contribution in [2.75, 3.05) is 45.1 Å². The molecule has 0 saturated carbocycles.